The number of halogens is 1. The highest BCUT2D eigenvalue weighted by Crippen LogP contribution is 2.44. The molecule has 232 valence electrons. The van der Waals surface area contributed by atoms with Crippen molar-refractivity contribution < 1.29 is 27.5 Å². The third kappa shape index (κ3) is 8.90. The Morgan fingerprint density at radius 1 is 0.953 bits per heavy atom. The summed E-state index contributed by atoms with van der Waals surface area (Å²) >= 11 is 3.31. The molecule has 8 nitrogen and oxygen atoms in total. The first-order chi connectivity index (χ1) is 20.1. The van der Waals surface area contributed by atoms with Crippen LogP contribution >= 0.6 is 15.9 Å². The van der Waals surface area contributed by atoms with Crippen LogP contribution in [0.1, 0.15) is 60.3 Å². The van der Waals surface area contributed by atoms with E-state index in [9.17, 15) is 18.0 Å². The average Bonchev–Trinajstić information content (AvgIpc) is 2.94. The number of esters is 1. The van der Waals surface area contributed by atoms with E-state index in [0.717, 1.165) is 28.5 Å². The zero-order valence-corrected chi connectivity index (χ0v) is 28.5. The van der Waals surface area contributed by atoms with Gasteiger partial charge in [-0.25, -0.2) is 13.2 Å². The quantitative estimate of drug-likeness (QED) is 0.182. The van der Waals surface area contributed by atoms with Crippen LogP contribution in [-0.2, 0) is 42.2 Å². The largest absolute Gasteiger partial charge is 0.467 e. The summed E-state index contributed by atoms with van der Waals surface area (Å²) in [5, 5.41) is 0.0967. The van der Waals surface area contributed by atoms with Crippen LogP contribution in [0.25, 0.3) is 11.1 Å². The van der Waals surface area contributed by atoms with Gasteiger partial charge in [0.1, 0.15) is 0 Å². The van der Waals surface area contributed by atoms with Crippen LogP contribution in [0.3, 0.4) is 0 Å². The first-order valence-corrected chi connectivity index (χ1v) is 16.9. The molecule has 0 heterocycles. The summed E-state index contributed by atoms with van der Waals surface area (Å²) in [6, 6.07) is 17.5. The lowest BCUT2D eigenvalue weighted by atomic mass is 9.84. The van der Waals surface area contributed by atoms with Gasteiger partial charge >= 0.3 is 5.97 Å². The minimum Gasteiger partial charge on any atom is -0.467 e. The SMILES string of the molecule is COC(=O)[C@@H](OC(C)(C)C)c1c(C)c(NS(C)(=O)=O)c(CN(Cc2ccccc2)C(=O)CBr)c(C)c1-c1ccc(C)cc1. The fourth-order valence-corrected chi connectivity index (χ4v) is 6.03. The standard InChI is InChI=1S/C33H41BrN2O6S/c1-21-14-16-25(17-15-21)28-22(2)26(20-36(27(37)18-34)19-24-12-10-9-11-13-24)30(35-43(8,39)40)23(3)29(28)31(32(38)41-7)42-33(4,5)6/h9-17,31,35H,18-20H2,1-8H3/t31-/m0/s1. The molecule has 0 aliphatic carbocycles. The number of aryl methyl sites for hydroxylation is 1. The Hall–Kier alpha value is -3.21. The van der Waals surface area contributed by atoms with Crippen molar-refractivity contribution >= 4 is 43.5 Å². The Balaban J connectivity index is 2.43. The van der Waals surface area contributed by atoms with E-state index in [2.05, 4.69) is 20.7 Å². The van der Waals surface area contributed by atoms with Crippen LogP contribution < -0.4 is 4.72 Å². The van der Waals surface area contributed by atoms with Crippen molar-refractivity contribution in [1.82, 2.24) is 4.90 Å². The van der Waals surface area contributed by atoms with E-state index < -0.39 is 27.7 Å². The Morgan fingerprint density at radius 3 is 2.07 bits per heavy atom. The molecular weight excluding hydrogens is 632 g/mol. The number of sulfonamides is 1. The number of nitrogens with one attached hydrogen (secondary N) is 1. The van der Waals surface area contributed by atoms with Crippen molar-refractivity contribution in [3.63, 3.8) is 0 Å². The predicted octanol–water partition coefficient (Wildman–Crippen LogP) is 6.60. The summed E-state index contributed by atoms with van der Waals surface area (Å²) < 4.78 is 39.7. The van der Waals surface area contributed by atoms with Gasteiger partial charge in [-0.1, -0.05) is 76.1 Å². The molecule has 3 aromatic carbocycles. The fourth-order valence-electron chi connectivity index (χ4n) is 5.03. The molecule has 0 radical (unpaired) electrons. The van der Waals surface area contributed by atoms with Gasteiger partial charge in [0.2, 0.25) is 15.9 Å². The zero-order chi connectivity index (χ0) is 32.1. The van der Waals surface area contributed by atoms with Crippen molar-refractivity contribution in [2.45, 2.75) is 66.3 Å². The van der Waals surface area contributed by atoms with Crippen LogP contribution in [0.5, 0.6) is 0 Å². The molecule has 1 amide bonds. The highest BCUT2D eigenvalue weighted by molar-refractivity contribution is 9.09. The molecule has 10 heteroatoms. The minimum atomic E-state index is -3.77. The monoisotopic (exact) mass is 672 g/mol. The first-order valence-electron chi connectivity index (χ1n) is 13.9. The van der Waals surface area contributed by atoms with E-state index in [4.69, 9.17) is 9.47 Å². The number of methoxy groups -OCH3 is 1. The number of benzene rings is 3. The maximum Gasteiger partial charge on any atom is 0.339 e. The van der Waals surface area contributed by atoms with Gasteiger partial charge in [-0.05, 0) is 74.9 Å². The number of carbonyl (C=O) groups excluding carboxylic acids is 2. The molecule has 0 fully saturated rings. The van der Waals surface area contributed by atoms with Crippen molar-refractivity contribution in [2.75, 3.05) is 23.4 Å². The molecule has 0 aliphatic heterocycles. The Labute approximate surface area is 264 Å². The van der Waals surface area contributed by atoms with Gasteiger partial charge in [0.15, 0.2) is 6.10 Å². The maximum atomic E-state index is 13.3. The molecule has 1 atom stereocenters. The van der Waals surface area contributed by atoms with E-state index in [-0.39, 0.29) is 17.8 Å². The van der Waals surface area contributed by atoms with Gasteiger partial charge in [-0.3, -0.25) is 9.52 Å². The van der Waals surface area contributed by atoms with Gasteiger partial charge in [0, 0.05) is 18.7 Å². The Morgan fingerprint density at radius 2 is 1.56 bits per heavy atom. The number of nitrogens with zero attached hydrogens (tertiary/aromatic N) is 1. The van der Waals surface area contributed by atoms with Crippen LogP contribution in [0, 0.1) is 20.8 Å². The third-order valence-corrected chi connectivity index (χ3v) is 8.04. The second kappa shape index (κ2) is 14.1. The topological polar surface area (TPSA) is 102 Å². The average molecular weight is 674 g/mol. The first kappa shape index (κ1) is 34.3. The molecule has 0 saturated carbocycles. The number of hydrogen-bond acceptors (Lipinski definition) is 6. The van der Waals surface area contributed by atoms with Crippen molar-refractivity contribution in [3.8, 4) is 11.1 Å². The normalized spacial score (nSPS) is 12.5. The number of amides is 1. The molecular formula is C33H41BrN2O6S. The molecule has 1 N–H and O–H groups in total. The van der Waals surface area contributed by atoms with Gasteiger partial charge in [0.25, 0.3) is 0 Å². The highest BCUT2D eigenvalue weighted by atomic mass is 79.9. The van der Waals surface area contributed by atoms with Crippen molar-refractivity contribution in [3.05, 3.63) is 88.0 Å². The van der Waals surface area contributed by atoms with Gasteiger partial charge in [-0.2, -0.15) is 0 Å². The molecule has 0 aliphatic rings. The molecule has 3 aromatic rings. The van der Waals surface area contributed by atoms with Crippen LogP contribution in [0.15, 0.2) is 54.6 Å². The number of rotatable bonds is 11. The number of ether oxygens (including phenoxy) is 2. The summed E-state index contributed by atoms with van der Waals surface area (Å²) in [7, 11) is -2.47. The zero-order valence-electron chi connectivity index (χ0n) is 26.1. The van der Waals surface area contributed by atoms with Crippen LogP contribution in [-0.4, -0.2) is 49.5 Å². The second-order valence-electron chi connectivity index (χ2n) is 11.6. The van der Waals surface area contributed by atoms with Crippen molar-refractivity contribution in [2.24, 2.45) is 0 Å². The number of hydrogen-bond donors (Lipinski definition) is 1. The van der Waals surface area contributed by atoms with E-state index in [0.29, 0.717) is 34.5 Å². The summed E-state index contributed by atoms with van der Waals surface area (Å²) in [4.78, 5) is 28.2. The fraction of sp³-hybridized carbons (Fsp3) is 0.394. The maximum absolute atomic E-state index is 13.3. The highest BCUT2D eigenvalue weighted by Gasteiger charge is 2.35. The molecule has 43 heavy (non-hydrogen) atoms. The molecule has 0 spiro atoms. The lowest BCUT2D eigenvalue weighted by Crippen LogP contribution is -2.33. The minimum absolute atomic E-state index is 0.0967. The smallest absolute Gasteiger partial charge is 0.339 e. The van der Waals surface area contributed by atoms with E-state index in [1.807, 2.05) is 89.2 Å². The predicted molar refractivity (Wildman–Crippen MR) is 175 cm³/mol. The number of carbonyl (C=O) groups is 2. The lowest BCUT2D eigenvalue weighted by molar-refractivity contribution is -0.164. The molecule has 0 saturated heterocycles. The van der Waals surface area contributed by atoms with Crippen LogP contribution in [0.2, 0.25) is 0 Å². The summed E-state index contributed by atoms with van der Waals surface area (Å²) in [5.74, 6) is -0.764. The molecule has 0 unspecified atom stereocenters. The summed E-state index contributed by atoms with van der Waals surface area (Å²) in [5.41, 5.74) is 5.44. The van der Waals surface area contributed by atoms with Crippen LogP contribution in [0.4, 0.5) is 5.69 Å². The number of anilines is 1. The third-order valence-electron chi connectivity index (χ3n) is 6.99. The number of alkyl halides is 1. The van der Waals surface area contributed by atoms with Gasteiger partial charge in [-0.15, -0.1) is 0 Å². The summed E-state index contributed by atoms with van der Waals surface area (Å²) in [6.45, 7) is 11.6. The Kier molecular flexibility index (Phi) is 11.2. The summed E-state index contributed by atoms with van der Waals surface area (Å²) in [6.07, 6.45) is -0.0766. The molecule has 0 bridgehead atoms. The van der Waals surface area contributed by atoms with Crippen molar-refractivity contribution in [1.29, 1.82) is 0 Å². The van der Waals surface area contributed by atoms with Gasteiger partial charge < -0.3 is 14.4 Å². The van der Waals surface area contributed by atoms with E-state index in [1.165, 1.54) is 7.11 Å². The van der Waals surface area contributed by atoms with Gasteiger partial charge in [0.05, 0.1) is 30.0 Å². The van der Waals surface area contributed by atoms with E-state index >= 15 is 0 Å². The lowest BCUT2D eigenvalue weighted by Gasteiger charge is -2.33. The Bertz CT molecular complexity index is 1570. The molecule has 0 aromatic heterocycles. The second-order valence-corrected chi connectivity index (χ2v) is 13.9. The van der Waals surface area contributed by atoms with E-state index in [1.54, 1.807) is 11.8 Å². The molecule has 3 rings (SSSR count).